The fourth-order valence-corrected chi connectivity index (χ4v) is 0.460. The Morgan fingerprint density at radius 3 is 2.50 bits per heavy atom. The largest absolute Gasteiger partial charge is 1.00 e. The third kappa shape index (κ3) is 1.55. The van der Waals surface area contributed by atoms with Crippen LogP contribution in [0.25, 0.3) is 0 Å². The molecule has 0 aromatic carbocycles. The van der Waals surface area contributed by atoms with Gasteiger partial charge in [-0.1, -0.05) is 0 Å². The van der Waals surface area contributed by atoms with Gasteiger partial charge >= 0.3 is 18.9 Å². The first-order chi connectivity index (χ1) is 3.30. The van der Waals surface area contributed by atoms with Crippen LogP contribution in [0.15, 0.2) is 12.4 Å². The molecule has 0 saturated heterocycles. The second-order valence-corrected chi connectivity index (χ2v) is 1.65. The number of halogens is 1. The van der Waals surface area contributed by atoms with Gasteiger partial charge in [-0.25, -0.2) is 4.98 Å². The zero-order chi connectivity index (χ0) is 5.28. The Morgan fingerprint density at radius 2 is 2.38 bits per heavy atom. The Labute approximate surface area is 65.0 Å². The monoisotopic (exact) mass is 123 g/mol. The van der Waals surface area contributed by atoms with Crippen molar-refractivity contribution in [3.63, 3.8) is 0 Å². The third-order valence-corrected chi connectivity index (χ3v) is 1.13. The Morgan fingerprint density at radius 1 is 1.75 bits per heavy atom. The van der Waals surface area contributed by atoms with E-state index in [4.69, 9.17) is 11.6 Å². The van der Waals surface area contributed by atoms with Gasteiger partial charge in [-0.05, 0) is 11.6 Å². The molecule has 0 amide bonds. The van der Waals surface area contributed by atoms with Crippen LogP contribution in [0.2, 0.25) is 5.28 Å². The molecular formula is C4H5ClLiN2+. The van der Waals surface area contributed by atoms with Gasteiger partial charge in [-0.2, -0.15) is 0 Å². The summed E-state index contributed by atoms with van der Waals surface area (Å²) in [4.78, 5) is 3.74. The van der Waals surface area contributed by atoms with Crippen LogP contribution < -0.4 is 18.9 Å². The molecule has 0 radical (unpaired) electrons. The van der Waals surface area contributed by atoms with Crippen molar-refractivity contribution in [2.75, 3.05) is 0 Å². The van der Waals surface area contributed by atoms with E-state index < -0.39 is 0 Å². The third-order valence-electron chi connectivity index (χ3n) is 0.762. The topological polar surface area (TPSA) is 17.8 Å². The van der Waals surface area contributed by atoms with E-state index in [1.165, 1.54) is 0 Å². The van der Waals surface area contributed by atoms with Crippen LogP contribution in [0.3, 0.4) is 0 Å². The van der Waals surface area contributed by atoms with Crippen LogP contribution in [-0.2, 0) is 7.05 Å². The maximum atomic E-state index is 5.48. The number of hydrogen-bond donors (Lipinski definition) is 0. The molecule has 38 valence electrons. The van der Waals surface area contributed by atoms with Crippen molar-refractivity contribution in [1.29, 1.82) is 0 Å². The Hall–Kier alpha value is 0.0974. The van der Waals surface area contributed by atoms with Gasteiger partial charge in [0.05, 0.1) is 0 Å². The van der Waals surface area contributed by atoms with E-state index in [1.807, 2.05) is 7.05 Å². The smallest absolute Gasteiger partial charge is 0.325 e. The first-order valence-corrected chi connectivity index (χ1v) is 2.31. The minimum atomic E-state index is 0. The van der Waals surface area contributed by atoms with E-state index in [0.29, 0.717) is 5.28 Å². The molecule has 4 heteroatoms. The van der Waals surface area contributed by atoms with Gasteiger partial charge in [0.25, 0.3) is 0 Å². The Balaban J connectivity index is 0.000000490. The maximum Gasteiger partial charge on any atom is 1.00 e. The van der Waals surface area contributed by atoms with Crippen LogP contribution in [0.1, 0.15) is 0 Å². The number of imidazole rings is 1. The molecule has 1 heterocycles. The molecule has 0 aliphatic rings. The molecular weight excluding hydrogens is 118 g/mol. The summed E-state index contributed by atoms with van der Waals surface area (Å²) in [6, 6.07) is 0. The standard InChI is InChI=1S/C4H5ClN2.Li/c1-7-3-2-6-4(7)5;/h2-3H,1H3;/q;+1. The van der Waals surface area contributed by atoms with Gasteiger partial charge in [-0.15, -0.1) is 0 Å². The summed E-state index contributed by atoms with van der Waals surface area (Å²) >= 11 is 5.48. The molecule has 1 rings (SSSR count). The summed E-state index contributed by atoms with van der Waals surface area (Å²) in [6.07, 6.45) is 3.45. The van der Waals surface area contributed by atoms with E-state index in [1.54, 1.807) is 17.0 Å². The summed E-state index contributed by atoms with van der Waals surface area (Å²) in [5.74, 6) is 0. The number of rotatable bonds is 0. The van der Waals surface area contributed by atoms with Crippen molar-refractivity contribution >= 4 is 11.6 Å². The van der Waals surface area contributed by atoms with Crippen LogP contribution in [0.4, 0.5) is 0 Å². The van der Waals surface area contributed by atoms with E-state index in [9.17, 15) is 0 Å². The second kappa shape index (κ2) is 3.19. The van der Waals surface area contributed by atoms with E-state index >= 15 is 0 Å². The summed E-state index contributed by atoms with van der Waals surface area (Å²) in [5, 5.41) is 0.528. The average Bonchev–Trinajstić information content (AvgIpc) is 1.91. The molecule has 0 aliphatic heterocycles. The van der Waals surface area contributed by atoms with Crippen molar-refractivity contribution in [3.05, 3.63) is 17.7 Å². The van der Waals surface area contributed by atoms with Crippen LogP contribution in [0.5, 0.6) is 0 Å². The van der Waals surface area contributed by atoms with Crippen LogP contribution in [0, 0.1) is 0 Å². The predicted molar refractivity (Wildman–Crippen MR) is 28.2 cm³/mol. The molecule has 0 atom stereocenters. The average molecular weight is 123 g/mol. The molecule has 1 aromatic rings. The van der Waals surface area contributed by atoms with Gasteiger partial charge in [0.1, 0.15) is 0 Å². The van der Waals surface area contributed by atoms with Crippen molar-refractivity contribution in [1.82, 2.24) is 9.55 Å². The van der Waals surface area contributed by atoms with E-state index in [-0.39, 0.29) is 18.9 Å². The SMILES string of the molecule is Cn1ccnc1Cl.[Li+]. The predicted octanol–water partition coefficient (Wildman–Crippen LogP) is -1.92. The molecule has 0 saturated carbocycles. The van der Waals surface area contributed by atoms with Gasteiger partial charge in [0.2, 0.25) is 5.28 Å². The van der Waals surface area contributed by atoms with Crippen molar-refractivity contribution in [2.45, 2.75) is 0 Å². The quantitative estimate of drug-likeness (QED) is 0.368. The number of aryl methyl sites for hydroxylation is 1. The molecule has 0 spiro atoms. The van der Waals surface area contributed by atoms with Gasteiger partial charge in [-0.3, -0.25) is 0 Å². The maximum absolute atomic E-state index is 5.48. The molecule has 2 nitrogen and oxygen atoms in total. The Kier molecular flexibility index (Phi) is 3.23. The molecule has 0 bridgehead atoms. The summed E-state index contributed by atoms with van der Waals surface area (Å²) < 4.78 is 1.74. The molecule has 8 heavy (non-hydrogen) atoms. The fourth-order valence-electron chi connectivity index (χ4n) is 0.347. The molecule has 0 unspecified atom stereocenters. The van der Waals surface area contributed by atoms with Crippen molar-refractivity contribution in [3.8, 4) is 0 Å². The normalized spacial score (nSPS) is 8.25. The van der Waals surface area contributed by atoms with Gasteiger partial charge in [0.15, 0.2) is 0 Å². The summed E-state index contributed by atoms with van der Waals surface area (Å²) in [7, 11) is 1.84. The van der Waals surface area contributed by atoms with Gasteiger partial charge in [0, 0.05) is 19.4 Å². The van der Waals surface area contributed by atoms with Gasteiger partial charge < -0.3 is 4.57 Å². The number of nitrogens with zero attached hydrogens (tertiary/aromatic N) is 2. The minimum Gasteiger partial charge on any atom is -0.325 e. The number of aromatic nitrogens is 2. The first-order valence-electron chi connectivity index (χ1n) is 1.93. The van der Waals surface area contributed by atoms with Crippen LogP contribution >= 0.6 is 11.6 Å². The number of hydrogen-bond acceptors (Lipinski definition) is 1. The van der Waals surface area contributed by atoms with Crippen molar-refractivity contribution < 1.29 is 18.9 Å². The van der Waals surface area contributed by atoms with E-state index in [2.05, 4.69) is 4.98 Å². The van der Waals surface area contributed by atoms with E-state index in [0.717, 1.165) is 0 Å². The summed E-state index contributed by atoms with van der Waals surface area (Å²) in [6.45, 7) is 0. The zero-order valence-electron chi connectivity index (χ0n) is 4.93. The molecule has 1 aromatic heterocycles. The molecule has 0 fully saturated rings. The molecule has 0 aliphatic carbocycles. The molecule has 0 N–H and O–H groups in total. The fraction of sp³-hybridized carbons (Fsp3) is 0.250. The summed E-state index contributed by atoms with van der Waals surface area (Å²) in [5.41, 5.74) is 0. The Bertz CT molecular complexity index is 146. The van der Waals surface area contributed by atoms with Crippen molar-refractivity contribution in [2.24, 2.45) is 7.05 Å². The minimum absolute atomic E-state index is 0. The zero-order valence-corrected chi connectivity index (χ0v) is 5.68. The van der Waals surface area contributed by atoms with Crippen LogP contribution in [-0.4, -0.2) is 9.55 Å². The first kappa shape index (κ1) is 8.10. The second-order valence-electron chi connectivity index (χ2n) is 1.31.